The van der Waals surface area contributed by atoms with Gasteiger partial charge in [-0.15, -0.1) is 0 Å². The number of benzene rings is 4. The Morgan fingerprint density at radius 1 is 0.795 bits per heavy atom. The second-order valence-electron chi connectivity index (χ2n) is 10.6. The van der Waals surface area contributed by atoms with Crippen LogP contribution in [-0.4, -0.2) is 30.8 Å². The third-order valence-electron chi connectivity index (χ3n) is 8.20. The Kier molecular flexibility index (Phi) is 6.68. The number of methoxy groups -OCH3 is 1. The van der Waals surface area contributed by atoms with E-state index in [0.717, 1.165) is 34.0 Å². The zero-order valence-corrected chi connectivity index (χ0v) is 22.4. The van der Waals surface area contributed by atoms with Gasteiger partial charge in [0.2, 0.25) is 5.91 Å². The van der Waals surface area contributed by atoms with Gasteiger partial charge in [0.25, 0.3) is 0 Å². The van der Waals surface area contributed by atoms with Crippen molar-refractivity contribution >= 4 is 16.8 Å². The predicted octanol–water partition coefficient (Wildman–Crippen LogP) is 7.43. The fourth-order valence-electron chi connectivity index (χ4n) is 6.20. The number of ether oxygens (including phenoxy) is 2. The van der Waals surface area contributed by atoms with Gasteiger partial charge >= 0.3 is 0 Å². The van der Waals surface area contributed by atoms with Crippen molar-refractivity contribution in [3.8, 4) is 0 Å². The van der Waals surface area contributed by atoms with E-state index in [2.05, 4.69) is 78.9 Å². The quantitative estimate of drug-likeness (QED) is 0.192. The number of carbonyl (C=O) groups excluding carboxylic acids is 1. The third-order valence-corrected chi connectivity index (χ3v) is 8.20. The molecule has 0 bridgehead atoms. The molecule has 0 amide bonds. The van der Waals surface area contributed by atoms with Crippen LogP contribution in [0.1, 0.15) is 46.3 Å². The molecule has 0 unspecified atom stereocenters. The Morgan fingerprint density at radius 2 is 1.31 bits per heavy atom. The van der Waals surface area contributed by atoms with Gasteiger partial charge in [0.1, 0.15) is 5.60 Å². The van der Waals surface area contributed by atoms with Crippen molar-refractivity contribution in [3.63, 3.8) is 0 Å². The first-order valence-electron chi connectivity index (χ1n) is 13.5. The molecule has 5 aromatic rings. The average Bonchev–Trinajstić information content (AvgIpc) is 3.55. The van der Waals surface area contributed by atoms with E-state index in [9.17, 15) is 4.79 Å². The normalized spacial score (nSPS) is 18.8. The summed E-state index contributed by atoms with van der Waals surface area (Å²) in [6.07, 6.45) is 2.95. The van der Waals surface area contributed by atoms with Crippen molar-refractivity contribution in [2.75, 3.05) is 20.3 Å². The second-order valence-corrected chi connectivity index (χ2v) is 10.6. The number of para-hydroxylation sites is 1. The van der Waals surface area contributed by atoms with Crippen LogP contribution in [0, 0.1) is 5.41 Å². The van der Waals surface area contributed by atoms with Gasteiger partial charge in [-0.3, -0.25) is 9.36 Å². The Labute approximate surface area is 229 Å². The lowest BCUT2D eigenvalue weighted by molar-refractivity contribution is -0.0327. The number of hydrogen-bond acceptors (Lipinski definition) is 3. The molecule has 6 rings (SSSR count). The molecular weight excluding hydrogens is 482 g/mol. The molecule has 0 spiro atoms. The first kappa shape index (κ1) is 25.3. The number of rotatable bonds is 9. The Bertz CT molecular complexity index is 1480. The van der Waals surface area contributed by atoms with Crippen molar-refractivity contribution in [1.29, 1.82) is 0 Å². The molecular formula is C35H33NO3. The SMILES string of the molecule is COC[C@@]1(COC(c2ccccc2)(c2ccccc2)c2ccccc2)C[C@H]1c1cn(C(C)=O)c2ccccc12. The molecule has 4 nitrogen and oxygen atoms in total. The molecule has 0 radical (unpaired) electrons. The molecule has 4 heteroatoms. The maximum atomic E-state index is 12.4. The predicted molar refractivity (Wildman–Crippen MR) is 155 cm³/mol. The summed E-state index contributed by atoms with van der Waals surface area (Å²) in [5.74, 6) is 0.242. The van der Waals surface area contributed by atoms with E-state index in [1.54, 1.807) is 18.6 Å². The number of hydrogen-bond donors (Lipinski definition) is 0. The minimum Gasteiger partial charge on any atom is -0.384 e. The summed E-state index contributed by atoms with van der Waals surface area (Å²) in [5.41, 5.74) is 4.40. The van der Waals surface area contributed by atoms with Gasteiger partial charge in [0.05, 0.1) is 18.7 Å². The zero-order chi connectivity index (χ0) is 26.9. The number of carbonyl (C=O) groups is 1. The Morgan fingerprint density at radius 3 is 1.82 bits per heavy atom. The lowest BCUT2D eigenvalue weighted by Gasteiger charge is -2.37. The molecule has 0 N–H and O–H groups in total. The monoisotopic (exact) mass is 515 g/mol. The molecule has 2 atom stereocenters. The third kappa shape index (κ3) is 4.40. The van der Waals surface area contributed by atoms with Gasteiger partial charge < -0.3 is 9.47 Å². The molecule has 1 saturated carbocycles. The molecule has 0 saturated heterocycles. The smallest absolute Gasteiger partial charge is 0.227 e. The van der Waals surface area contributed by atoms with Gasteiger partial charge in [0.15, 0.2) is 0 Å². The van der Waals surface area contributed by atoms with E-state index in [1.807, 2.05) is 42.6 Å². The van der Waals surface area contributed by atoms with Crippen molar-refractivity contribution in [2.45, 2.75) is 24.9 Å². The molecule has 4 aromatic carbocycles. The Balaban J connectivity index is 1.44. The summed E-state index contributed by atoms with van der Waals surface area (Å²) in [5, 5.41) is 1.12. The summed E-state index contributed by atoms with van der Waals surface area (Å²) < 4.78 is 14.8. The highest BCUT2D eigenvalue weighted by Gasteiger charge is 2.57. The van der Waals surface area contributed by atoms with Crippen molar-refractivity contribution in [1.82, 2.24) is 4.57 Å². The molecule has 1 aliphatic rings. The largest absolute Gasteiger partial charge is 0.384 e. The van der Waals surface area contributed by atoms with Crippen LogP contribution in [0.4, 0.5) is 0 Å². The molecule has 39 heavy (non-hydrogen) atoms. The lowest BCUT2D eigenvalue weighted by Crippen LogP contribution is -2.36. The van der Waals surface area contributed by atoms with Crippen LogP contribution in [0.25, 0.3) is 10.9 Å². The maximum Gasteiger partial charge on any atom is 0.227 e. The summed E-state index contributed by atoms with van der Waals surface area (Å²) >= 11 is 0. The second kappa shape index (κ2) is 10.3. The maximum absolute atomic E-state index is 12.4. The molecule has 1 aromatic heterocycles. The zero-order valence-electron chi connectivity index (χ0n) is 22.4. The van der Waals surface area contributed by atoms with Crippen LogP contribution in [-0.2, 0) is 15.1 Å². The lowest BCUT2D eigenvalue weighted by atomic mass is 9.80. The first-order chi connectivity index (χ1) is 19.1. The molecule has 1 heterocycles. The van der Waals surface area contributed by atoms with E-state index in [0.29, 0.717) is 13.2 Å². The van der Waals surface area contributed by atoms with E-state index in [-0.39, 0.29) is 17.2 Å². The van der Waals surface area contributed by atoms with Crippen LogP contribution in [0.5, 0.6) is 0 Å². The average molecular weight is 516 g/mol. The fourth-order valence-corrected chi connectivity index (χ4v) is 6.20. The fraction of sp³-hybridized carbons (Fsp3) is 0.229. The van der Waals surface area contributed by atoms with Gasteiger partial charge in [-0.05, 0) is 40.7 Å². The number of aromatic nitrogens is 1. The van der Waals surface area contributed by atoms with E-state index < -0.39 is 5.60 Å². The highest BCUT2D eigenvalue weighted by atomic mass is 16.5. The van der Waals surface area contributed by atoms with Crippen molar-refractivity contribution < 1.29 is 14.3 Å². The van der Waals surface area contributed by atoms with Gasteiger partial charge in [-0.1, -0.05) is 109 Å². The van der Waals surface area contributed by atoms with Gasteiger partial charge in [0, 0.05) is 31.0 Å². The molecule has 1 fully saturated rings. The molecule has 196 valence electrons. The van der Waals surface area contributed by atoms with Gasteiger partial charge in [-0.25, -0.2) is 0 Å². The standard InChI is InChI=1S/C35H33NO3/c1-26(37)36-23-31(30-20-12-13-21-33(30)36)32-22-34(32,24-38-2)25-39-35(27-14-6-3-7-15-27,28-16-8-4-9-17-28)29-18-10-5-11-19-29/h3-21,23,32H,22,24-25H2,1-2H3/t32-,34+/m0/s1. The Hall–Kier alpha value is -3.99. The van der Waals surface area contributed by atoms with E-state index in [1.165, 1.54) is 5.56 Å². The summed E-state index contributed by atoms with van der Waals surface area (Å²) in [6.45, 7) is 2.69. The van der Waals surface area contributed by atoms with Crippen LogP contribution in [0.3, 0.4) is 0 Å². The van der Waals surface area contributed by atoms with Gasteiger partial charge in [-0.2, -0.15) is 0 Å². The van der Waals surface area contributed by atoms with Crippen LogP contribution in [0.2, 0.25) is 0 Å². The van der Waals surface area contributed by atoms with Crippen molar-refractivity contribution in [2.24, 2.45) is 5.41 Å². The van der Waals surface area contributed by atoms with Crippen LogP contribution in [0.15, 0.2) is 121 Å². The summed E-state index contributed by atoms with van der Waals surface area (Å²) in [7, 11) is 1.76. The summed E-state index contributed by atoms with van der Waals surface area (Å²) in [6, 6.07) is 39.6. The molecule has 1 aliphatic carbocycles. The van der Waals surface area contributed by atoms with Crippen LogP contribution < -0.4 is 0 Å². The van der Waals surface area contributed by atoms with Crippen molar-refractivity contribution in [3.05, 3.63) is 144 Å². The summed E-state index contributed by atoms with van der Waals surface area (Å²) in [4.78, 5) is 12.4. The molecule has 0 aliphatic heterocycles. The van der Waals surface area contributed by atoms with E-state index in [4.69, 9.17) is 9.47 Å². The van der Waals surface area contributed by atoms with Crippen LogP contribution >= 0.6 is 0 Å². The highest BCUT2D eigenvalue weighted by molar-refractivity contribution is 5.94. The number of nitrogens with zero attached hydrogens (tertiary/aromatic N) is 1. The number of fused-ring (bicyclic) bond motifs is 1. The first-order valence-corrected chi connectivity index (χ1v) is 13.5. The highest BCUT2D eigenvalue weighted by Crippen LogP contribution is 2.62. The van der Waals surface area contributed by atoms with E-state index >= 15 is 0 Å². The minimum atomic E-state index is -0.787. The minimum absolute atomic E-state index is 0.0166. The topological polar surface area (TPSA) is 40.5 Å².